The van der Waals surface area contributed by atoms with Gasteiger partial charge in [0.1, 0.15) is 0 Å². The Labute approximate surface area is 102 Å². The molecule has 0 atom stereocenters. The molecule has 0 fully saturated rings. The Hall–Kier alpha value is -1.17. The molecule has 1 aromatic rings. The van der Waals surface area contributed by atoms with Gasteiger partial charge in [0, 0.05) is 31.9 Å². The summed E-state index contributed by atoms with van der Waals surface area (Å²) in [5.74, 6) is 0. The van der Waals surface area contributed by atoms with Gasteiger partial charge in [0.25, 0.3) is 0 Å². The number of hydrogen-bond donors (Lipinski definition) is 4. The molecule has 0 bridgehead atoms. The number of rotatable bonds is 6. The molecule has 0 heterocycles. The maximum atomic E-state index is 5.35. The van der Waals surface area contributed by atoms with Crippen LogP contribution in [0.4, 0.5) is 5.69 Å². The molecule has 0 aliphatic carbocycles. The molecule has 5 N–H and O–H groups in total. The molecule has 88 valence electrons. The summed E-state index contributed by atoms with van der Waals surface area (Å²) in [4.78, 5) is 0. The van der Waals surface area contributed by atoms with Crippen LogP contribution >= 0.6 is 12.2 Å². The summed E-state index contributed by atoms with van der Waals surface area (Å²) in [7, 11) is 0. The minimum absolute atomic E-state index is 0.640. The average Bonchev–Trinajstić information content (AvgIpc) is 2.30. The van der Waals surface area contributed by atoms with Crippen LogP contribution in [0, 0.1) is 0 Å². The number of nitrogens with one attached hydrogen (secondary N) is 3. The first-order chi connectivity index (χ1) is 7.83. The topological polar surface area (TPSA) is 62.1 Å². The summed E-state index contributed by atoms with van der Waals surface area (Å²) in [6.07, 6.45) is 0. The molecule has 0 spiro atoms. The molecule has 0 saturated heterocycles. The molecule has 0 unspecified atom stereocenters. The Morgan fingerprint density at radius 1 is 1.12 bits per heavy atom. The van der Waals surface area contributed by atoms with Crippen molar-refractivity contribution in [1.82, 2.24) is 10.6 Å². The largest absolute Gasteiger partial charge is 0.361 e. The summed E-state index contributed by atoms with van der Waals surface area (Å²) in [6, 6.07) is 9.85. The van der Waals surface area contributed by atoms with Crippen molar-refractivity contribution < 1.29 is 0 Å². The van der Waals surface area contributed by atoms with Crippen molar-refractivity contribution in [2.45, 2.75) is 0 Å². The van der Waals surface area contributed by atoms with Crippen LogP contribution in [-0.2, 0) is 0 Å². The minimum atomic E-state index is 0.640. The fraction of sp³-hybridized carbons (Fsp3) is 0.364. The molecule has 0 saturated carbocycles. The van der Waals surface area contributed by atoms with Crippen molar-refractivity contribution in [2.75, 3.05) is 31.5 Å². The molecule has 0 aliphatic heterocycles. The normalized spacial score (nSPS) is 9.81. The third kappa shape index (κ3) is 5.65. The lowest BCUT2D eigenvalue weighted by molar-refractivity contribution is 0.676. The molecular formula is C11H18N4S. The molecule has 0 radical (unpaired) electrons. The zero-order valence-electron chi connectivity index (χ0n) is 9.20. The van der Waals surface area contributed by atoms with Gasteiger partial charge in [0.05, 0.1) is 0 Å². The Morgan fingerprint density at radius 3 is 2.56 bits per heavy atom. The van der Waals surface area contributed by atoms with Gasteiger partial charge in [-0.2, -0.15) is 0 Å². The van der Waals surface area contributed by atoms with Gasteiger partial charge in [-0.1, -0.05) is 18.2 Å². The van der Waals surface area contributed by atoms with Gasteiger partial charge < -0.3 is 21.7 Å². The summed E-state index contributed by atoms with van der Waals surface area (Å²) in [5.41, 5.74) is 6.35. The molecule has 5 heteroatoms. The first-order valence-corrected chi connectivity index (χ1v) is 5.74. The van der Waals surface area contributed by atoms with E-state index >= 15 is 0 Å². The maximum Gasteiger partial charge on any atom is 0.170 e. The Morgan fingerprint density at radius 2 is 1.88 bits per heavy atom. The van der Waals surface area contributed by atoms with E-state index in [0.717, 1.165) is 25.3 Å². The van der Waals surface area contributed by atoms with Crippen molar-refractivity contribution in [1.29, 1.82) is 0 Å². The highest BCUT2D eigenvalue weighted by Crippen LogP contribution is 2.03. The molecule has 0 aromatic heterocycles. The van der Waals surface area contributed by atoms with E-state index in [1.54, 1.807) is 0 Å². The molecule has 0 aliphatic rings. The number of anilines is 1. The lowest BCUT2D eigenvalue weighted by atomic mass is 10.3. The fourth-order valence-electron chi connectivity index (χ4n) is 1.19. The molecule has 1 rings (SSSR count). The Bertz CT molecular complexity index is 302. The number of benzene rings is 1. The van der Waals surface area contributed by atoms with Crippen LogP contribution in [0.3, 0.4) is 0 Å². The second-order valence-electron chi connectivity index (χ2n) is 3.29. The second kappa shape index (κ2) is 8.04. The monoisotopic (exact) mass is 238 g/mol. The highest BCUT2D eigenvalue weighted by Gasteiger charge is 1.95. The Balaban J connectivity index is 2.12. The van der Waals surface area contributed by atoms with E-state index in [4.69, 9.17) is 18.0 Å². The third-order valence-electron chi connectivity index (χ3n) is 1.94. The molecule has 4 nitrogen and oxygen atoms in total. The quantitative estimate of drug-likeness (QED) is 0.430. The predicted octanol–water partition coefficient (Wildman–Crippen LogP) is 0.521. The molecular weight excluding hydrogens is 220 g/mol. The first-order valence-electron chi connectivity index (χ1n) is 5.33. The molecule has 16 heavy (non-hydrogen) atoms. The van der Waals surface area contributed by atoms with E-state index < -0.39 is 0 Å². The Kier molecular flexibility index (Phi) is 6.48. The van der Waals surface area contributed by atoms with Crippen molar-refractivity contribution in [3.63, 3.8) is 0 Å². The minimum Gasteiger partial charge on any atom is -0.361 e. The lowest BCUT2D eigenvalue weighted by Crippen LogP contribution is -2.35. The summed E-state index contributed by atoms with van der Waals surface area (Å²) in [6.45, 7) is 3.14. The van der Waals surface area contributed by atoms with Crippen LogP contribution in [-0.4, -0.2) is 31.3 Å². The maximum absolute atomic E-state index is 5.35. The van der Waals surface area contributed by atoms with Crippen LogP contribution in [0.25, 0.3) is 0 Å². The summed E-state index contributed by atoms with van der Waals surface area (Å²) >= 11 is 5.14. The zero-order chi connectivity index (χ0) is 11.6. The van der Waals surface area contributed by atoms with E-state index in [1.165, 1.54) is 0 Å². The number of para-hydroxylation sites is 1. The van der Waals surface area contributed by atoms with E-state index in [-0.39, 0.29) is 0 Å². The molecule has 1 aromatic carbocycles. The van der Waals surface area contributed by atoms with Crippen LogP contribution in [0.5, 0.6) is 0 Å². The first kappa shape index (κ1) is 12.9. The smallest absolute Gasteiger partial charge is 0.170 e. The van der Waals surface area contributed by atoms with E-state index in [9.17, 15) is 0 Å². The van der Waals surface area contributed by atoms with Crippen LogP contribution < -0.4 is 21.7 Å². The van der Waals surface area contributed by atoms with Crippen LogP contribution in [0.2, 0.25) is 0 Å². The second-order valence-corrected chi connectivity index (χ2v) is 3.69. The van der Waals surface area contributed by atoms with Gasteiger partial charge in [-0.05, 0) is 24.4 Å². The van der Waals surface area contributed by atoms with Crippen molar-refractivity contribution >= 4 is 23.0 Å². The van der Waals surface area contributed by atoms with E-state index in [1.807, 2.05) is 30.3 Å². The van der Waals surface area contributed by atoms with Crippen LogP contribution in [0.1, 0.15) is 0 Å². The third-order valence-corrected chi connectivity index (χ3v) is 2.19. The van der Waals surface area contributed by atoms with Gasteiger partial charge in [-0.3, -0.25) is 0 Å². The van der Waals surface area contributed by atoms with Gasteiger partial charge in [0.15, 0.2) is 5.11 Å². The van der Waals surface area contributed by atoms with Crippen LogP contribution in [0.15, 0.2) is 30.3 Å². The lowest BCUT2D eigenvalue weighted by Gasteiger charge is -2.10. The van der Waals surface area contributed by atoms with Gasteiger partial charge in [-0.25, -0.2) is 0 Å². The number of thiocarbonyl (C=S) groups is 1. The number of hydrogen-bond acceptors (Lipinski definition) is 3. The van der Waals surface area contributed by atoms with Gasteiger partial charge in [0.2, 0.25) is 0 Å². The fourth-order valence-corrected chi connectivity index (χ4v) is 1.41. The van der Waals surface area contributed by atoms with Crippen molar-refractivity contribution in [2.24, 2.45) is 5.73 Å². The molecule has 0 amide bonds. The summed E-state index contributed by atoms with van der Waals surface area (Å²) in [5, 5.41) is 10.0. The standard InChI is InChI=1S/C11H18N4S/c12-6-7-13-8-9-14-11(16)15-10-4-2-1-3-5-10/h1-5,13H,6-9,12H2,(H2,14,15,16). The zero-order valence-corrected chi connectivity index (χ0v) is 10.0. The van der Waals surface area contributed by atoms with E-state index in [2.05, 4.69) is 16.0 Å². The highest BCUT2D eigenvalue weighted by atomic mass is 32.1. The highest BCUT2D eigenvalue weighted by molar-refractivity contribution is 7.80. The van der Waals surface area contributed by atoms with Gasteiger partial charge >= 0.3 is 0 Å². The number of nitrogens with two attached hydrogens (primary N) is 1. The van der Waals surface area contributed by atoms with Gasteiger partial charge in [-0.15, -0.1) is 0 Å². The summed E-state index contributed by atoms with van der Waals surface area (Å²) < 4.78 is 0. The van der Waals surface area contributed by atoms with E-state index in [0.29, 0.717) is 11.7 Å². The van der Waals surface area contributed by atoms with Crippen molar-refractivity contribution in [3.8, 4) is 0 Å². The average molecular weight is 238 g/mol. The van der Waals surface area contributed by atoms with Crippen molar-refractivity contribution in [3.05, 3.63) is 30.3 Å². The predicted molar refractivity (Wildman–Crippen MR) is 72.6 cm³/mol. The SMILES string of the molecule is NCCNCCNC(=S)Nc1ccccc1.